The van der Waals surface area contributed by atoms with Gasteiger partial charge < -0.3 is 14.8 Å². The van der Waals surface area contributed by atoms with Crippen LogP contribution in [0.2, 0.25) is 0 Å². The van der Waals surface area contributed by atoms with Gasteiger partial charge in [-0.25, -0.2) is 4.79 Å². The molecule has 1 atom stereocenters. The van der Waals surface area contributed by atoms with Crippen LogP contribution in [0.5, 0.6) is 5.75 Å². The molecule has 142 valence electrons. The minimum absolute atomic E-state index is 0.0816. The number of hydrogen-bond donors (Lipinski definition) is 1. The lowest BCUT2D eigenvalue weighted by molar-refractivity contribution is -0.139. The molecule has 1 amide bonds. The fourth-order valence-corrected chi connectivity index (χ4v) is 3.00. The van der Waals surface area contributed by atoms with E-state index in [1.807, 2.05) is 12.1 Å². The maximum absolute atomic E-state index is 12.5. The second-order valence-electron chi connectivity index (χ2n) is 6.48. The summed E-state index contributed by atoms with van der Waals surface area (Å²) in [5.74, 6) is -0.801. The second-order valence-corrected chi connectivity index (χ2v) is 6.48. The first kappa shape index (κ1) is 18.8. The molecule has 0 aliphatic carbocycles. The van der Waals surface area contributed by atoms with Crippen LogP contribution in [0.1, 0.15) is 28.4 Å². The highest BCUT2D eigenvalue weighted by Gasteiger charge is 2.42. The van der Waals surface area contributed by atoms with Crippen LogP contribution in [-0.2, 0) is 22.4 Å². The van der Waals surface area contributed by atoms with Crippen molar-refractivity contribution in [3.05, 3.63) is 65.2 Å². The van der Waals surface area contributed by atoms with Crippen LogP contribution in [0.15, 0.2) is 48.5 Å². The van der Waals surface area contributed by atoms with Gasteiger partial charge in [0.25, 0.3) is 5.91 Å². The molecule has 7 heteroatoms. The first-order valence-electron chi connectivity index (χ1n) is 8.51. The van der Waals surface area contributed by atoms with E-state index in [0.717, 1.165) is 11.1 Å². The zero-order chi connectivity index (χ0) is 19.4. The average Bonchev–Trinajstić information content (AvgIpc) is 2.62. The van der Waals surface area contributed by atoms with E-state index in [-0.39, 0.29) is 11.7 Å². The molecule has 1 aliphatic rings. The molecule has 0 bridgehead atoms. The van der Waals surface area contributed by atoms with E-state index in [2.05, 4.69) is 10.1 Å². The standard InChI is InChI=1S/C20H19F2NO4/c1-20(12-14-4-2-3-5-16(14)17(24)27-20)18(25)23-11-10-13-6-8-15(9-7-13)26-19(21)22/h2-9,19H,10-12H2,1H3,(H,23,25). The van der Waals surface area contributed by atoms with Gasteiger partial charge in [0.1, 0.15) is 5.75 Å². The summed E-state index contributed by atoms with van der Waals surface area (Å²) >= 11 is 0. The van der Waals surface area contributed by atoms with Crippen molar-refractivity contribution in [1.29, 1.82) is 0 Å². The number of rotatable bonds is 6. The van der Waals surface area contributed by atoms with Crippen molar-refractivity contribution in [1.82, 2.24) is 5.32 Å². The Morgan fingerprint density at radius 1 is 1.22 bits per heavy atom. The molecule has 0 saturated heterocycles. The Kier molecular flexibility index (Phi) is 5.39. The smallest absolute Gasteiger partial charge is 0.387 e. The van der Waals surface area contributed by atoms with E-state index in [9.17, 15) is 18.4 Å². The number of carbonyl (C=O) groups excluding carboxylic acids is 2. The van der Waals surface area contributed by atoms with Gasteiger partial charge in [-0.1, -0.05) is 30.3 Å². The van der Waals surface area contributed by atoms with Gasteiger partial charge in [0.05, 0.1) is 5.56 Å². The van der Waals surface area contributed by atoms with Crippen molar-refractivity contribution in [3.8, 4) is 5.75 Å². The van der Waals surface area contributed by atoms with Gasteiger partial charge in [-0.05, 0) is 42.7 Å². The van der Waals surface area contributed by atoms with Crippen molar-refractivity contribution >= 4 is 11.9 Å². The number of ether oxygens (including phenoxy) is 2. The number of fused-ring (bicyclic) bond motifs is 1. The van der Waals surface area contributed by atoms with Crippen LogP contribution in [-0.4, -0.2) is 30.6 Å². The molecule has 0 aromatic heterocycles. The Labute approximate surface area is 155 Å². The van der Waals surface area contributed by atoms with Crippen molar-refractivity contribution in [3.63, 3.8) is 0 Å². The molecule has 1 aliphatic heterocycles. The largest absolute Gasteiger partial charge is 0.445 e. The molecule has 1 unspecified atom stereocenters. The Hall–Kier alpha value is -2.96. The number of halogens is 2. The molecule has 27 heavy (non-hydrogen) atoms. The quantitative estimate of drug-likeness (QED) is 0.788. The highest BCUT2D eigenvalue weighted by Crippen LogP contribution is 2.28. The van der Waals surface area contributed by atoms with Crippen LogP contribution in [0, 0.1) is 0 Å². The summed E-state index contributed by atoms with van der Waals surface area (Å²) in [6.45, 7) is -0.950. The molecule has 0 fully saturated rings. The Morgan fingerprint density at radius 2 is 1.93 bits per heavy atom. The fraction of sp³-hybridized carbons (Fsp3) is 0.300. The Morgan fingerprint density at radius 3 is 2.63 bits per heavy atom. The normalized spacial score (nSPS) is 18.6. The molecule has 2 aromatic rings. The molecule has 0 saturated carbocycles. The predicted molar refractivity (Wildman–Crippen MR) is 93.8 cm³/mol. The summed E-state index contributed by atoms with van der Waals surface area (Å²) in [5.41, 5.74) is 0.850. The van der Waals surface area contributed by atoms with Crippen molar-refractivity contribution in [2.45, 2.75) is 32.0 Å². The number of hydrogen-bond acceptors (Lipinski definition) is 4. The van der Waals surface area contributed by atoms with E-state index in [1.54, 1.807) is 31.2 Å². The number of carbonyl (C=O) groups is 2. The van der Waals surface area contributed by atoms with Crippen LogP contribution >= 0.6 is 0 Å². The predicted octanol–water partition coefficient (Wildman–Crippen LogP) is 3.12. The third kappa shape index (κ3) is 4.42. The second kappa shape index (κ2) is 7.73. The van der Waals surface area contributed by atoms with Gasteiger partial charge in [-0.3, -0.25) is 4.79 Å². The van der Waals surface area contributed by atoms with E-state index in [0.29, 0.717) is 24.9 Å². The number of alkyl halides is 2. The number of esters is 1. The fourth-order valence-electron chi connectivity index (χ4n) is 3.00. The lowest BCUT2D eigenvalue weighted by atomic mass is 9.89. The summed E-state index contributed by atoms with van der Waals surface area (Å²) < 4.78 is 34.0. The van der Waals surface area contributed by atoms with Gasteiger partial charge in [0.15, 0.2) is 5.60 Å². The summed E-state index contributed by atoms with van der Waals surface area (Å²) in [5, 5.41) is 2.77. The monoisotopic (exact) mass is 375 g/mol. The molecule has 0 radical (unpaired) electrons. The number of amides is 1. The van der Waals surface area contributed by atoms with Gasteiger partial charge in [0, 0.05) is 13.0 Å². The first-order valence-corrected chi connectivity index (χ1v) is 8.51. The lowest BCUT2D eigenvalue weighted by Gasteiger charge is -2.33. The Balaban J connectivity index is 1.56. The Bertz CT molecular complexity index is 838. The van der Waals surface area contributed by atoms with Crippen LogP contribution in [0.4, 0.5) is 8.78 Å². The van der Waals surface area contributed by atoms with E-state index in [1.165, 1.54) is 12.1 Å². The summed E-state index contributed by atoms with van der Waals surface area (Å²) in [7, 11) is 0. The van der Waals surface area contributed by atoms with Crippen molar-refractivity contribution in [2.75, 3.05) is 6.54 Å². The SMILES string of the molecule is CC1(C(=O)NCCc2ccc(OC(F)F)cc2)Cc2ccccc2C(=O)O1. The first-order chi connectivity index (χ1) is 12.9. The van der Waals surface area contributed by atoms with Gasteiger partial charge >= 0.3 is 12.6 Å². The highest BCUT2D eigenvalue weighted by molar-refractivity contribution is 5.97. The molecule has 0 spiro atoms. The number of benzene rings is 2. The topological polar surface area (TPSA) is 64.6 Å². The van der Waals surface area contributed by atoms with E-state index < -0.39 is 18.2 Å². The van der Waals surface area contributed by atoms with E-state index in [4.69, 9.17) is 4.74 Å². The minimum atomic E-state index is -2.86. The number of cyclic esters (lactones) is 1. The average molecular weight is 375 g/mol. The summed E-state index contributed by atoms with van der Waals surface area (Å²) in [6, 6.07) is 13.3. The van der Waals surface area contributed by atoms with Crippen molar-refractivity contribution in [2.24, 2.45) is 0 Å². The van der Waals surface area contributed by atoms with Crippen LogP contribution in [0.3, 0.4) is 0 Å². The maximum atomic E-state index is 12.5. The van der Waals surface area contributed by atoms with E-state index >= 15 is 0 Å². The maximum Gasteiger partial charge on any atom is 0.387 e. The highest BCUT2D eigenvalue weighted by atomic mass is 19.3. The van der Waals surface area contributed by atoms with Crippen molar-refractivity contribution < 1.29 is 27.8 Å². The lowest BCUT2D eigenvalue weighted by Crippen LogP contribution is -2.52. The summed E-state index contributed by atoms with van der Waals surface area (Å²) in [6.07, 6.45) is 0.807. The molecule has 5 nitrogen and oxygen atoms in total. The number of nitrogens with one attached hydrogen (secondary N) is 1. The zero-order valence-electron chi connectivity index (χ0n) is 14.7. The molecule has 3 rings (SSSR count). The van der Waals surface area contributed by atoms with Crippen LogP contribution in [0.25, 0.3) is 0 Å². The third-order valence-electron chi connectivity index (χ3n) is 4.41. The summed E-state index contributed by atoms with van der Waals surface area (Å²) in [4.78, 5) is 24.7. The zero-order valence-corrected chi connectivity index (χ0v) is 14.7. The van der Waals surface area contributed by atoms with Crippen LogP contribution < -0.4 is 10.1 Å². The van der Waals surface area contributed by atoms with Gasteiger partial charge in [-0.2, -0.15) is 8.78 Å². The minimum Gasteiger partial charge on any atom is -0.445 e. The molecule has 1 heterocycles. The third-order valence-corrected chi connectivity index (χ3v) is 4.41. The molecular weight excluding hydrogens is 356 g/mol. The van der Waals surface area contributed by atoms with Gasteiger partial charge in [-0.15, -0.1) is 0 Å². The van der Waals surface area contributed by atoms with Gasteiger partial charge in [0.2, 0.25) is 0 Å². The molecular formula is C20H19F2NO4. The molecule has 1 N–H and O–H groups in total. The molecule has 2 aromatic carbocycles.